The Balaban J connectivity index is 1.62. The first-order valence-corrected chi connectivity index (χ1v) is 13.4. The largest absolute Gasteiger partial charge is 0.459 e. The molecule has 0 aromatic carbocycles. The van der Waals surface area contributed by atoms with Crippen LogP contribution in [0.1, 0.15) is 33.6 Å². The predicted molar refractivity (Wildman–Crippen MR) is 126 cm³/mol. The Bertz CT molecular complexity index is 1020. The Morgan fingerprint density at radius 2 is 1.92 bits per heavy atom. The lowest BCUT2D eigenvalue weighted by molar-refractivity contribution is -0.317. The number of esters is 1. The fraction of sp³-hybridized carbons (Fsp3) is 0.889. The summed E-state index contributed by atoms with van der Waals surface area (Å²) >= 11 is 0. The molecule has 7 rings (SSSR count). The summed E-state index contributed by atoms with van der Waals surface area (Å²) in [6, 6.07) is -0.275. The third-order valence-electron chi connectivity index (χ3n) is 11.7. The van der Waals surface area contributed by atoms with Crippen LogP contribution in [0.4, 0.5) is 0 Å². The van der Waals surface area contributed by atoms with Gasteiger partial charge in [0.2, 0.25) is 0 Å². The van der Waals surface area contributed by atoms with E-state index in [1.165, 1.54) is 6.92 Å². The maximum Gasteiger partial charge on any atom is 0.303 e. The second-order valence-corrected chi connectivity index (χ2v) is 12.5. The highest BCUT2D eigenvalue weighted by Crippen LogP contribution is 2.83. The number of carbonyl (C=O) groups is 1. The van der Waals surface area contributed by atoms with Crippen molar-refractivity contribution < 1.29 is 38.3 Å². The number of likely N-dealkylation sites (tertiary alicyclic amines) is 1. The van der Waals surface area contributed by atoms with Gasteiger partial charge in [-0.2, -0.15) is 0 Å². The SMILES string of the molecule is CCN1C[C@]2(C)C=CC(OC)C34C1C1(OCO[C@@]15C[C@H](OC)[C@H]1C[C@]3(O)[C@@H]5C1OC)[C@@H](OC(C)=O)[C@@H]42. The lowest BCUT2D eigenvalue weighted by atomic mass is 9.42. The van der Waals surface area contributed by atoms with Gasteiger partial charge in [-0.25, -0.2) is 0 Å². The molecule has 7 aliphatic rings. The molecule has 3 spiro atoms. The molecule has 13 atom stereocenters. The number of fused-ring (bicyclic) bond motifs is 1. The first-order valence-electron chi connectivity index (χ1n) is 13.4. The lowest BCUT2D eigenvalue weighted by Gasteiger charge is -2.70. The minimum absolute atomic E-state index is 0.00764. The fourth-order valence-corrected chi connectivity index (χ4v) is 11.2. The first kappa shape index (κ1) is 24.0. The van der Waals surface area contributed by atoms with E-state index >= 15 is 0 Å². The molecule has 0 amide bonds. The third-order valence-corrected chi connectivity index (χ3v) is 11.7. The Labute approximate surface area is 212 Å². The van der Waals surface area contributed by atoms with E-state index in [1.807, 2.05) is 0 Å². The summed E-state index contributed by atoms with van der Waals surface area (Å²) in [7, 11) is 5.15. The molecule has 5 aliphatic carbocycles. The van der Waals surface area contributed by atoms with E-state index in [1.54, 1.807) is 21.3 Å². The molecule has 2 aliphatic heterocycles. The van der Waals surface area contributed by atoms with Crippen LogP contribution in [0.3, 0.4) is 0 Å². The molecule has 36 heavy (non-hydrogen) atoms. The monoisotopic (exact) mass is 505 g/mol. The average Bonchev–Trinajstić information content (AvgIpc) is 3.40. The van der Waals surface area contributed by atoms with Crippen molar-refractivity contribution in [3.05, 3.63) is 12.2 Å². The van der Waals surface area contributed by atoms with Crippen LogP contribution >= 0.6 is 0 Å². The zero-order chi connectivity index (χ0) is 25.5. The Morgan fingerprint density at radius 3 is 2.56 bits per heavy atom. The standard InChI is InChI=1S/C27H39NO8/c1-7-28-12-23(3)9-8-17(32-5)26-20(23)21(36-14(2)29)27(22(26)28)25(34-13-35-27)11-16(31-4)15-10-24(26,30)19(25)18(15)33-6/h8-9,15-22,30H,7,10-13H2,1-6H3/t15-,16+,17?,18?,19+,20-,21+,22?,23+,24+,25-,26?,27?/m1/s1. The number of nitrogens with zero attached hydrogens (tertiary/aromatic N) is 1. The van der Waals surface area contributed by atoms with E-state index in [4.69, 9.17) is 28.4 Å². The summed E-state index contributed by atoms with van der Waals surface area (Å²) in [6.07, 6.45) is 3.95. The van der Waals surface area contributed by atoms with Gasteiger partial charge in [0, 0.05) is 64.4 Å². The van der Waals surface area contributed by atoms with Crippen molar-refractivity contribution in [2.24, 2.45) is 28.6 Å². The summed E-state index contributed by atoms with van der Waals surface area (Å²) in [5.74, 6) is -0.940. The quantitative estimate of drug-likeness (QED) is 0.436. The van der Waals surface area contributed by atoms with Crippen molar-refractivity contribution >= 4 is 5.97 Å². The molecule has 0 radical (unpaired) electrons. The van der Waals surface area contributed by atoms with Crippen LogP contribution in [0, 0.1) is 28.6 Å². The summed E-state index contributed by atoms with van der Waals surface area (Å²) < 4.78 is 38.5. The maximum absolute atomic E-state index is 13.4. The van der Waals surface area contributed by atoms with Crippen molar-refractivity contribution in [2.75, 3.05) is 41.2 Å². The molecule has 7 bridgehead atoms. The second kappa shape index (κ2) is 7.11. The summed E-state index contributed by atoms with van der Waals surface area (Å²) in [5.41, 5.74) is -4.32. The number of piperidine rings is 1. The second-order valence-electron chi connectivity index (χ2n) is 12.5. The highest BCUT2D eigenvalue weighted by molar-refractivity contribution is 5.67. The first-order chi connectivity index (χ1) is 17.2. The van der Waals surface area contributed by atoms with E-state index in [2.05, 4.69) is 30.9 Å². The van der Waals surface area contributed by atoms with Crippen LogP contribution < -0.4 is 0 Å². The predicted octanol–water partition coefficient (Wildman–Crippen LogP) is 1.13. The van der Waals surface area contributed by atoms with Crippen LogP contribution in [0.15, 0.2) is 12.2 Å². The molecule has 9 nitrogen and oxygen atoms in total. The van der Waals surface area contributed by atoms with Gasteiger partial charge in [0.15, 0.2) is 5.60 Å². The molecule has 6 fully saturated rings. The molecule has 0 aromatic heterocycles. The minimum atomic E-state index is -1.21. The average molecular weight is 506 g/mol. The highest BCUT2D eigenvalue weighted by Gasteiger charge is 2.97. The zero-order valence-electron chi connectivity index (χ0n) is 22.1. The number of rotatable bonds is 5. The number of hydrogen-bond acceptors (Lipinski definition) is 9. The van der Waals surface area contributed by atoms with Gasteiger partial charge >= 0.3 is 5.97 Å². The Morgan fingerprint density at radius 1 is 1.14 bits per heavy atom. The van der Waals surface area contributed by atoms with Gasteiger partial charge < -0.3 is 33.5 Å². The number of ether oxygens (including phenoxy) is 6. The van der Waals surface area contributed by atoms with Gasteiger partial charge in [0.25, 0.3) is 0 Å². The van der Waals surface area contributed by atoms with Crippen LogP contribution in [0.25, 0.3) is 0 Å². The molecule has 4 saturated carbocycles. The van der Waals surface area contributed by atoms with E-state index in [0.717, 1.165) is 13.1 Å². The number of methoxy groups -OCH3 is 3. The van der Waals surface area contributed by atoms with Crippen LogP contribution in [-0.2, 0) is 33.2 Å². The van der Waals surface area contributed by atoms with Crippen LogP contribution in [0.2, 0.25) is 0 Å². The molecular formula is C27H39NO8. The maximum atomic E-state index is 13.4. The van der Waals surface area contributed by atoms with Gasteiger partial charge in [-0.3, -0.25) is 9.69 Å². The molecular weight excluding hydrogens is 466 g/mol. The van der Waals surface area contributed by atoms with Gasteiger partial charge in [0.05, 0.1) is 35.4 Å². The molecule has 200 valence electrons. The number of aliphatic hydroxyl groups is 1. The number of carbonyl (C=O) groups excluding carboxylic acids is 1. The van der Waals surface area contributed by atoms with Gasteiger partial charge in [-0.1, -0.05) is 26.0 Å². The number of likely N-dealkylation sites (N-methyl/N-ethyl adjacent to an activating group) is 1. The summed E-state index contributed by atoms with van der Waals surface area (Å²) in [5, 5.41) is 13.4. The Kier molecular flexibility index (Phi) is 4.74. The molecule has 0 aromatic rings. The van der Waals surface area contributed by atoms with Crippen molar-refractivity contribution in [3.63, 3.8) is 0 Å². The molecule has 1 N–H and O–H groups in total. The fourth-order valence-electron chi connectivity index (χ4n) is 11.2. The van der Waals surface area contributed by atoms with E-state index in [0.29, 0.717) is 12.8 Å². The minimum Gasteiger partial charge on any atom is -0.459 e. The van der Waals surface area contributed by atoms with Crippen molar-refractivity contribution in [1.29, 1.82) is 0 Å². The Hall–Kier alpha value is -1.07. The molecule has 9 heteroatoms. The third kappa shape index (κ3) is 2.12. The molecule has 2 heterocycles. The number of hydrogen-bond donors (Lipinski definition) is 1. The molecule has 2 saturated heterocycles. The summed E-state index contributed by atoms with van der Waals surface area (Å²) in [4.78, 5) is 15.2. The van der Waals surface area contributed by atoms with Crippen molar-refractivity contribution in [2.45, 2.75) is 80.9 Å². The zero-order valence-corrected chi connectivity index (χ0v) is 22.1. The van der Waals surface area contributed by atoms with Crippen molar-refractivity contribution in [3.8, 4) is 0 Å². The normalized spacial score (nSPS) is 59.8. The van der Waals surface area contributed by atoms with E-state index in [-0.39, 0.29) is 54.2 Å². The topological polar surface area (TPSA) is 95.9 Å². The van der Waals surface area contributed by atoms with E-state index in [9.17, 15) is 9.90 Å². The van der Waals surface area contributed by atoms with Crippen LogP contribution in [0.5, 0.6) is 0 Å². The van der Waals surface area contributed by atoms with Crippen LogP contribution in [-0.4, -0.2) is 104 Å². The van der Waals surface area contributed by atoms with Gasteiger partial charge in [0.1, 0.15) is 18.5 Å². The molecule has 5 unspecified atom stereocenters. The van der Waals surface area contributed by atoms with E-state index < -0.39 is 34.4 Å². The van der Waals surface area contributed by atoms with Gasteiger partial charge in [-0.05, 0) is 13.0 Å². The highest BCUT2D eigenvalue weighted by atomic mass is 16.7. The summed E-state index contributed by atoms with van der Waals surface area (Å²) in [6.45, 7) is 7.45. The lowest BCUT2D eigenvalue weighted by Crippen LogP contribution is -2.85. The van der Waals surface area contributed by atoms with Gasteiger partial charge in [-0.15, -0.1) is 0 Å². The smallest absolute Gasteiger partial charge is 0.303 e. The van der Waals surface area contributed by atoms with Crippen molar-refractivity contribution in [1.82, 2.24) is 4.90 Å².